The fourth-order valence-corrected chi connectivity index (χ4v) is 3.30. The molecule has 0 radical (unpaired) electrons. The van der Waals surface area contributed by atoms with Crippen LogP contribution >= 0.6 is 23.4 Å². The van der Waals surface area contributed by atoms with E-state index in [-0.39, 0.29) is 23.2 Å². The number of rotatable bonds is 6. The summed E-state index contributed by atoms with van der Waals surface area (Å²) in [5, 5.41) is 0.515. The molecule has 1 amide bonds. The lowest BCUT2D eigenvalue weighted by atomic mass is 10.1. The van der Waals surface area contributed by atoms with Crippen LogP contribution in [0.15, 0.2) is 46.3 Å². The van der Waals surface area contributed by atoms with Crippen molar-refractivity contribution in [3.63, 3.8) is 0 Å². The molecule has 140 valence electrons. The zero-order chi connectivity index (χ0) is 19.4. The molecule has 0 saturated heterocycles. The minimum Gasteiger partial charge on any atom is -0.490 e. The highest BCUT2D eigenvalue weighted by Crippen LogP contribution is 2.33. The molecule has 0 atom stereocenters. The van der Waals surface area contributed by atoms with Gasteiger partial charge in [-0.2, -0.15) is 4.99 Å². The van der Waals surface area contributed by atoms with E-state index in [0.29, 0.717) is 28.0 Å². The maximum atomic E-state index is 13.9. The molecule has 5 nitrogen and oxygen atoms in total. The highest BCUT2D eigenvalue weighted by atomic mass is 35.5. The molecule has 27 heavy (non-hydrogen) atoms. The number of carbonyl (C=O) groups excluding carboxylic acids is 1. The van der Waals surface area contributed by atoms with Gasteiger partial charge in [-0.15, -0.1) is 0 Å². The number of halogens is 2. The molecular formula is C19H16ClFN2O3S. The molecule has 0 bridgehead atoms. The summed E-state index contributed by atoms with van der Waals surface area (Å²) in [6.45, 7) is 2.22. The minimum atomic E-state index is -0.434. The maximum absolute atomic E-state index is 13.9. The predicted molar refractivity (Wildman–Crippen MR) is 106 cm³/mol. The average molecular weight is 407 g/mol. The molecule has 0 fully saturated rings. The van der Waals surface area contributed by atoms with E-state index >= 15 is 0 Å². The van der Waals surface area contributed by atoms with Crippen LogP contribution in [0.2, 0.25) is 5.02 Å². The van der Waals surface area contributed by atoms with Gasteiger partial charge in [-0.3, -0.25) is 4.79 Å². The van der Waals surface area contributed by atoms with Crippen molar-refractivity contribution < 1.29 is 18.7 Å². The molecule has 2 N–H and O–H groups in total. The van der Waals surface area contributed by atoms with Crippen molar-refractivity contribution in [2.24, 2.45) is 10.7 Å². The number of hydrogen-bond donors (Lipinski definition) is 1. The van der Waals surface area contributed by atoms with Crippen LogP contribution in [-0.4, -0.2) is 17.7 Å². The first-order valence-corrected chi connectivity index (χ1v) is 9.28. The van der Waals surface area contributed by atoms with Crippen LogP contribution in [-0.2, 0) is 11.4 Å². The van der Waals surface area contributed by atoms with Crippen LogP contribution in [0.5, 0.6) is 11.5 Å². The lowest BCUT2D eigenvalue weighted by Crippen LogP contribution is -2.02. The third kappa shape index (κ3) is 4.61. The Labute approximate surface area is 165 Å². The average Bonchev–Trinajstić information content (AvgIpc) is 2.93. The van der Waals surface area contributed by atoms with Crippen LogP contribution in [0.4, 0.5) is 4.39 Å². The number of aliphatic imine (C=N–C) groups is 1. The van der Waals surface area contributed by atoms with Crippen LogP contribution in [0.3, 0.4) is 0 Å². The molecule has 0 saturated carbocycles. The van der Waals surface area contributed by atoms with Crippen LogP contribution in [0.1, 0.15) is 18.1 Å². The quantitative estimate of drug-likeness (QED) is 0.720. The van der Waals surface area contributed by atoms with Gasteiger partial charge in [-0.1, -0.05) is 23.7 Å². The molecule has 1 heterocycles. The zero-order valence-electron chi connectivity index (χ0n) is 14.4. The summed E-state index contributed by atoms with van der Waals surface area (Å²) >= 11 is 7.14. The van der Waals surface area contributed by atoms with Gasteiger partial charge in [-0.05, 0) is 54.6 Å². The lowest BCUT2D eigenvalue weighted by molar-refractivity contribution is -0.113. The normalized spacial score (nSPS) is 15.1. The fourth-order valence-electron chi connectivity index (χ4n) is 2.40. The summed E-state index contributed by atoms with van der Waals surface area (Å²) in [4.78, 5) is 15.8. The standard InChI is InChI=1S/C19H16ClFN2O3S/c1-2-25-16-8-11(9-17-18(24)23-19(22)27-17)6-7-15(16)26-10-12-13(20)4-3-5-14(12)21/h3-9H,2,10H2,1H3,(H2,22,23,24)/b17-9-. The van der Waals surface area contributed by atoms with Gasteiger partial charge in [0.1, 0.15) is 12.4 Å². The van der Waals surface area contributed by atoms with Gasteiger partial charge < -0.3 is 15.2 Å². The van der Waals surface area contributed by atoms with Crippen molar-refractivity contribution in [2.75, 3.05) is 6.61 Å². The first-order chi connectivity index (χ1) is 13.0. The number of thioether (sulfide) groups is 1. The first kappa shape index (κ1) is 19.3. The summed E-state index contributed by atoms with van der Waals surface area (Å²) < 4.78 is 25.2. The maximum Gasteiger partial charge on any atom is 0.286 e. The van der Waals surface area contributed by atoms with Crippen molar-refractivity contribution >= 4 is 40.5 Å². The summed E-state index contributed by atoms with van der Waals surface area (Å²) in [6.07, 6.45) is 1.68. The topological polar surface area (TPSA) is 73.9 Å². The Balaban J connectivity index is 1.82. The monoisotopic (exact) mass is 406 g/mol. The number of carbonyl (C=O) groups is 1. The van der Waals surface area contributed by atoms with Crippen LogP contribution < -0.4 is 15.2 Å². The van der Waals surface area contributed by atoms with Gasteiger partial charge in [0, 0.05) is 5.56 Å². The number of amidine groups is 1. The molecule has 1 aliphatic rings. The number of hydrogen-bond acceptors (Lipinski definition) is 5. The van der Waals surface area contributed by atoms with E-state index in [0.717, 1.165) is 17.3 Å². The van der Waals surface area contributed by atoms with Gasteiger partial charge in [0.15, 0.2) is 16.7 Å². The highest BCUT2D eigenvalue weighted by molar-refractivity contribution is 8.18. The van der Waals surface area contributed by atoms with E-state index in [9.17, 15) is 9.18 Å². The van der Waals surface area contributed by atoms with Gasteiger partial charge in [0.25, 0.3) is 5.91 Å². The van der Waals surface area contributed by atoms with E-state index in [1.54, 1.807) is 30.3 Å². The van der Waals surface area contributed by atoms with Crippen LogP contribution in [0, 0.1) is 5.82 Å². The number of benzene rings is 2. The minimum absolute atomic E-state index is 0.0370. The van der Waals surface area contributed by atoms with Crippen molar-refractivity contribution in [1.82, 2.24) is 0 Å². The Morgan fingerprint density at radius 3 is 2.74 bits per heavy atom. The van der Waals surface area contributed by atoms with Crippen molar-refractivity contribution in [1.29, 1.82) is 0 Å². The summed E-state index contributed by atoms with van der Waals surface area (Å²) in [5.41, 5.74) is 6.56. The fraction of sp³-hybridized carbons (Fsp3) is 0.158. The Bertz CT molecular complexity index is 926. The molecule has 0 aliphatic carbocycles. The van der Waals surface area contributed by atoms with Crippen molar-refractivity contribution in [3.05, 3.63) is 63.3 Å². The van der Waals surface area contributed by atoms with Crippen molar-refractivity contribution in [2.45, 2.75) is 13.5 Å². The van der Waals surface area contributed by atoms with Gasteiger partial charge in [-0.25, -0.2) is 4.39 Å². The van der Waals surface area contributed by atoms with Crippen molar-refractivity contribution in [3.8, 4) is 11.5 Å². The van der Waals surface area contributed by atoms with E-state index in [1.165, 1.54) is 12.1 Å². The molecule has 2 aromatic rings. The molecule has 0 spiro atoms. The summed E-state index contributed by atoms with van der Waals surface area (Å²) in [5.74, 6) is 0.115. The molecule has 3 rings (SSSR count). The number of ether oxygens (including phenoxy) is 2. The number of nitrogens with zero attached hydrogens (tertiary/aromatic N) is 1. The van der Waals surface area contributed by atoms with Crippen LogP contribution in [0.25, 0.3) is 6.08 Å². The number of nitrogens with two attached hydrogens (primary N) is 1. The second kappa shape index (κ2) is 8.45. The van der Waals surface area contributed by atoms with Gasteiger partial charge >= 0.3 is 0 Å². The van der Waals surface area contributed by atoms with E-state index in [2.05, 4.69) is 4.99 Å². The van der Waals surface area contributed by atoms with E-state index in [1.807, 2.05) is 6.92 Å². The first-order valence-electron chi connectivity index (χ1n) is 8.08. The molecule has 2 aromatic carbocycles. The number of amides is 1. The smallest absolute Gasteiger partial charge is 0.286 e. The Hall–Kier alpha value is -2.51. The largest absolute Gasteiger partial charge is 0.490 e. The Morgan fingerprint density at radius 1 is 1.26 bits per heavy atom. The van der Waals surface area contributed by atoms with Gasteiger partial charge in [0.2, 0.25) is 0 Å². The zero-order valence-corrected chi connectivity index (χ0v) is 15.9. The second-order valence-corrected chi connectivity index (χ2v) is 6.96. The molecule has 1 aliphatic heterocycles. The molecule has 8 heteroatoms. The SMILES string of the molecule is CCOc1cc(/C=C2\SC(N)=NC2=O)ccc1OCc1c(F)cccc1Cl. The van der Waals surface area contributed by atoms with E-state index < -0.39 is 5.82 Å². The Kier molecular flexibility index (Phi) is 6.03. The highest BCUT2D eigenvalue weighted by Gasteiger charge is 2.19. The third-order valence-corrected chi connectivity index (χ3v) is 4.80. The van der Waals surface area contributed by atoms with E-state index in [4.69, 9.17) is 26.8 Å². The summed E-state index contributed by atoms with van der Waals surface area (Å²) in [7, 11) is 0. The predicted octanol–water partition coefficient (Wildman–Crippen LogP) is 4.39. The molecular weight excluding hydrogens is 391 g/mol. The third-order valence-electron chi connectivity index (χ3n) is 3.64. The molecule has 0 unspecified atom stereocenters. The molecule has 0 aromatic heterocycles. The summed E-state index contributed by atoms with van der Waals surface area (Å²) in [6, 6.07) is 9.65. The lowest BCUT2D eigenvalue weighted by Gasteiger charge is -2.14. The Morgan fingerprint density at radius 2 is 2.07 bits per heavy atom. The van der Waals surface area contributed by atoms with Gasteiger partial charge in [0.05, 0.1) is 16.5 Å². The second-order valence-electron chi connectivity index (χ2n) is 5.49.